The normalized spacial score (nSPS) is 10.9. The second kappa shape index (κ2) is 5.71. The van der Waals surface area contributed by atoms with Gasteiger partial charge >= 0.3 is 11.8 Å². The zero-order valence-corrected chi connectivity index (χ0v) is 11.3. The van der Waals surface area contributed by atoms with Crippen molar-refractivity contribution in [3.05, 3.63) is 23.8 Å². The lowest BCUT2D eigenvalue weighted by atomic mass is 10.1. The highest BCUT2D eigenvalue weighted by atomic mass is 16.3. The number of carbonyl (C=O) groups excluding carboxylic acids is 2. The number of aliphatic hydroxyl groups excluding tert-OH is 1. The van der Waals surface area contributed by atoms with Crippen LogP contribution in [0.1, 0.15) is 19.4 Å². The maximum atomic E-state index is 11.7. The number of benzene rings is 1. The Bertz CT molecular complexity index is 498. The smallest absolute Gasteiger partial charge is 0.313 e. The lowest BCUT2D eigenvalue weighted by Gasteiger charge is -2.22. The minimum atomic E-state index is -0.854. The second-order valence-corrected chi connectivity index (χ2v) is 5.04. The summed E-state index contributed by atoms with van der Waals surface area (Å²) < 4.78 is 0. The van der Waals surface area contributed by atoms with Crippen molar-refractivity contribution < 1.29 is 14.7 Å². The van der Waals surface area contributed by atoms with E-state index in [4.69, 9.17) is 10.8 Å². The molecule has 0 unspecified atom stereocenters. The van der Waals surface area contributed by atoms with Crippen molar-refractivity contribution in [2.24, 2.45) is 0 Å². The van der Waals surface area contributed by atoms with Gasteiger partial charge in [-0.25, -0.2) is 0 Å². The summed E-state index contributed by atoms with van der Waals surface area (Å²) in [5.74, 6) is -1.64. The van der Waals surface area contributed by atoms with Crippen LogP contribution in [0.25, 0.3) is 0 Å². The first-order valence-electron chi connectivity index (χ1n) is 5.85. The lowest BCUT2D eigenvalue weighted by molar-refractivity contribution is -0.137. The fraction of sp³-hybridized carbons (Fsp3) is 0.385. The predicted octanol–water partition coefficient (Wildman–Crippen LogP) is 0.403. The highest BCUT2D eigenvalue weighted by Gasteiger charge is 2.23. The van der Waals surface area contributed by atoms with Crippen molar-refractivity contribution in [1.82, 2.24) is 5.32 Å². The van der Waals surface area contributed by atoms with Gasteiger partial charge in [-0.3, -0.25) is 9.59 Å². The van der Waals surface area contributed by atoms with Crippen LogP contribution in [0.3, 0.4) is 0 Å². The molecule has 6 heteroatoms. The molecule has 0 radical (unpaired) electrons. The number of nitrogens with one attached hydrogen (secondary N) is 2. The average Bonchev–Trinajstić information content (AvgIpc) is 2.32. The highest BCUT2D eigenvalue weighted by molar-refractivity contribution is 6.40. The van der Waals surface area contributed by atoms with Crippen molar-refractivity contribution >= 4 is 23.2 Å². The predicted molar refractivity (Wildman–Crippen MR) is 73.5 cm³/mol. The van der Waals surface area contributed by atoms with E-state index in [1.54, 1.807) is 32.0 Å². The van der Waals surface area contributed by atoms with Crippen LogP contribution in [-0.2, 0) is 9.59 Å². The van der Waals surface area contributed by atoms with E-state index in [-0.39, 0.29) is 6.61 Å². The van der Waals surface area contributed by atoms with Crippen LogP contribution in [0.5, 0.6) is 0 Å². The number of carbonyl (C=O) groups is 2. The van der Waals surface area contributed by atoms with E-state index in [9.17, 15) is 9.59 Å². The van der Waals surface area contributed by atoms with Crippen LogP contribution in [-0.4, -0.2) is 29.1 Å². The first-order chi connectivity index (χ1) is 8.75. The lowest BCUT2D eigenvalue weighted by Crippen LogP contribution is -2.50. The van der Waals surface area contributed by atoms with E-state index >= 15 is 0 Å². The van der Waals surface area contributed by atoms with Gasteiger partial charge < -0.3 is 21.5 Å². The Morgan fingerprint density at radius 1 is 1.32 bits per heavy atom. The number of nitrogens with two attached hydrogens (primary N) is 1. The third kappa shape index (κ3) is 4.26. The van der Waals surface area contributed by atoms with Gasteiger partial charge in [-0.2, -0.15) is 0 Å². The molecule has 5 N–H and O–H groups in total. The van der Waals surface area contributed by atoms with Gasteiger partial charge in [-0.15, -0.1) is 0 Å². The van der Waals surface area contributed by atoms with Gasteiger partial charge in [0.25, 0.3) is 0 Å². The second-order valence-electron chi connectivity index (χ2n) is 5.04. The van der Waals surface area contributed by atoms with Crippen LogP contribution in [0.4, 0.5) is 11.4 Å². The average molecular weight is 265 g/mol. The zero-order valence-electron chi connectivity index (χ0n) is 11.3. The van der Waals surface area contributed by atoms with Gasteiger partial charge in [0.15, 0.2) is 0 Å². The van der Waals surface area contributed by atoms with Gasteiger partial charge in [-0.05, 0) is 38.5 Å². The Hall–Kier alpha value is -2.08. The summed E-state index contributed by atoms with van der Waals surface area (Å²) in [6.45, 7) is 4.83. The summed E-state index contributed by atoms with van der Waals surface area (Å²) in [6, 6.07) is 5.11. The topological polar surface area (TPSA) is 104 Å². The van der Waals surface area contributed by atoms with Crippen molar-refractivity contribution in [1.29, 1.82) is 0 Å². The van der Waals surface area contributed by atoms with E-state index in [0.717, 1.165) is 5.56 Å². The first kappa shape index (κ1) is 15.0. The molecule has 0 aliphatic rings. The summed E-state index contributed by atoms with van der Waals surface area (Å²) in [5, 5.41) is 13.9. The standard InChI is InChI=1S/C13H19N3O3/c1-8-4-5-10(9(14)6-8)15-11(18)12(19)16-13(2,3)7-17/h4-6,17H,7,14H2,1-3H3,(H,15,18)(H,16,19). The van der Waals surface area contributed by atoms with Crippen LogP contribution >= 0.6 is 0 Å². The monoisotopic (exact) mass is 265 g/mol. The number of anilines is 2. The third-order valence-electron chi connectivity index (χ3n) is 2.51. The van der Waals surface area contributed by atoms with Gasteiger partial charge in [-0.1, -0.05) is 6.07 Å². The summed E-state index contributed by atoms with van der Waals surface area (Å²) >= 11 is 0. The molecule has 2 amide bonds. The fourth-order valence-corrected chi connectivity index (χ4v) is 1.38. The maximum Gasteiger partial charge on any atom is 0.313 e. The largest absolute Gasteiger partial charge is 0.397 e. The van der Waals surface area contributed by atoms with Crippen molar-refractivity contribution in [3.8, 4) is 0 Å². The quantitative estimate of drug-likeness (QED) is 0.469. The molecule has 6 nitrogen and oxygen atoms in total. The van der Waals surface area contributed by atoms with E-state index in [1.165, 1.54) is 0 Å². The molecule has 0 fully saturated rings. The minimum Gasteiger partial charge on any atom is -0.397 e. The zero-order chi connectivity index (χ0) is 14.6. The SMILES string of the molecule is Cc1ccc(NC(=O)C(=O)NC(C)(C)CO)c(N)c1. The summed E-state index contributed by atoms with van der Waals surface area (Å²) in [4.78, 5) is 23.3. The Labute approximate surface area is 112 Å². The molecule has 0 heterocycles. The molecule has 0 atom stereocenters. The van der Waals surface area contributed by atoms with E-state index in [0.29, 0.717) is 11.4 Å². The molecular weight excluding hydrogens is 246 g/mol. The molecule has 0 saturated carbocycles. The fourth-order valence-electron chi connectivity index (χ4n) is 1.38. The van der Waals surface area contributed by atoms with E-state index in [2.05, 4.69) is 10.6 Å². The summed E-state index contributed by atoms with van der Waals surface area (Å²) in [5.41, 5.74) is 6.62. The molecule has 104 valence electrons. The third-order valence-corrected chi connectivity index (χ3v) is 2.51. The molecular formula is C13H19N3O3. The maximum absolute atomic E-state index is 11.7. The number of nitrogen functional groups attached to an aromatic ring is 1. The Kier molecular flexibility index (Phi) is 4.50. The Balaban J connectivity index is 2.72. The van der Waals surface area contributed by atoms with Gasteiger partial charge in [0, 0.05) is 0 Å². The molecule has 1 aromatic carbocycles. The number of aliphatic hydroxyl groups is 1. The molecule has 0 aliphatic carbocycles. The number of amides is 2. The molecule has 1 aromatic rings. The Morgan fingerprint density at radius 2 is 1.95 bits per heavy atom. The van der Waals surface area contributed by atoms with Crippen molar-refractivity contribution in [3.63, 3.8) is 0 Å². The van der Waals surface area contributed by atoms with Gasteiger partial charge in [0.1, 0.15) is 0 Å². The Morgan fingerprint density at radius 3 is 2.47 bits per heavy atom. The summed E-state index contributed by atoms with van der Waals surface area (Å²) in [6.07, 6.45) is 0. The van der Waals surface area contributed by atoms with Crippen LogP contribution < -0.4 is 16.4 Å². The van der Waals surface area contributed by atoms with Crippen molar-refractivity contribution in [2.75, 3.05) is 17.7 Å². The first-order valence-corrected chi connectivity index (χ1v) is 5.85. The van der Waals surface area contributed by atoms with Gasteiger partial charge in [0.2, 0.25) is 0 Å². The molecule has 0 spiro atoms. The van der Waals surface area contributed by atoms with Crippen LogP contribution in [0.15, 0.2) is 18.2 Å². The molecule has 0 bridgehead atoms. The number of rotatable bonds is 3. The molecule has 1 rings (SSSR count). The molecule has 19 heavy (non-hydrogen) atoms. The van der Waals surface area contributed by atoms with E-state index < -0.39 is 17.4 Å². The van der Waals surface area contributed by atoms with Crippen molar-refractivity contribution in [2.45, 2.75) is 26.3 Å². The number of hydrogen-bond donors (Lipinski definition) is 4. The minimum absolute atomic E-state index is 0.265. The van der Waals surface area contributed by atoms with Crippen LogP contribution in [0, 0.1) is 6.92 Å². The molecule has 0 saturated heterocycles. The number of hydrogen-bond acceptors (Lipinski definition) is 4. The molecule has 0 aromatic heterocycles. The number of aryl methyl sites for hydroxylation is 1. The summed E-state index contributed by atoms with van der Waals surface area (Å²) in [7, 11) is 0. The molecule has 0 aliphatic heterocycles. The van der Waals surface area contributed by atoms with E-state index in [1.807, 2.05) is 6.92 Å². The highest BCUT2D eigenvalue weighted by Crippen LogP contribution is 2.19. The van der Waals surface area contributed by atoms with Gasteiger partial charge in [0.05, 0.1) is 23.5 Å². The van der Waals surface area contributed by atoms with Crippen LogP contribution in [0.2, 0.25) is 0 Å².